The molecule has 3 rings (SSSR count). The van der Waals surface area contributed by atoms with Crippen molar-refractivity contribution < 1.29 is 9.53 Å². The Kier molecular flexibility index (Phi) is 4.93. The molecule has 0 saturated carbocycles. The van der Waals surface area contributed by atoms with Gasteiger partial charge in [0.2, 0.25) is 0 Å². The Bertz CT molecular complexity index is 798. The fourth-order valence-corrected chi connectivity index (χ4v) is 2.90. The maximum absolute atomic E-state index is 12.1. The SMILES string of the molecule is COc1cccc(C(=O)NCCn2nc3c(cc2=O)CCCC3)c1. The van der Waals surface area contributed by atoms with Gasteiger partial charge < -0.3 is 10.1 Å². The Labute approximate surface area is 140 Å². The number of carbonyl (C=O) groups is 1. The number of carbonyl (C=O) groups excluding carboxylic acids is 1. The lowest BCUT2D eigenvalue weighted by molar-refractivity contribution is 0.0951. The minimum Gasteiger partial charge on any atom is -0.497 e. The summed E-state index contributed by atoms with van der Waals surface area (Å²) in [6, 6.07) is 8.64. The van der Waals surface area contributed by atoms with Crippen LogP contribution in [0.4, 0.5) is 0 Å². The molecule has 1 aliphatic rings. The van der Waals surface area contributed by atoms with E-state index in [0.29, 0.717) is 24.4 Å². The summed E-state index contributed by atoms with van der Waals surface area (Å²) >= 11 is 0. The average Bonchev–Trinajstić information content (AvgIpc) is 2.62. The summed E-state index contributed by atoms with van der Waals surface area (Å²) in [5.74, 6) is 0.440. The standard InChI is InChI=1S/C18H21N3O3/c1-24-15-7-4-6-14(11-15)18(23)19-9-10-21-17(22)12-13-5-2-3-8-16(13)20-21/h4,6-7,11-12H,2-3,5,8-10H2,1H3,(H,19,23). The highest BCUT2D eigenvalue weighted by Crippen LogP contribution is 2.16. The van der Waals surface area contributed by atoms with Crippen LogP contribution in [-0.2, 0) is 19.4 Å². The van der Waals surface area contributed by atoms with E-state index in [2.05, 4.69) is 10.4 Å². The number of methoxy groups -OCH3 is 1. The van der Waals surface area contributed by atoms with Crippen molar-refractivity contribution in [3.05, 3.63) is 57.5 Å². The predicted molar refractivity (Wildman–Crippen MR) is 90.5 cm³/mol. The quantitative estimate of drug-likeness (QED) is 0.904. The van der Waals surface area contributed by atoms with Crippen LogP contribution >= 0.6 is 0 Å². The molecule has 1 amide bonds. The molecule has 0 bridgehead atoms. The first kappa shape index (κ1) is 16.2. The molecule has 2 aromatic rings. The van der Waals surface area contributed by atoms with Crippen molar-refractivity contribution >= 4 is 5.91 Å². The van der Waals surface area contributed by atoms with Gasteiger partial charge in [-0.3, -0.25) is 9.59 Å². The van der Waals surface area contributed by atoms with Gasteiger partial charge in [0.15, 0.2) is 0 Å². The molecule has 1 aromatic heterocycles. The maximum atomic E-state index is 12.1. The highest BCUT2D eigenvalue weighted by Gasteiger charge is 2.13. The Morgan fingerprint density at radius 3 is 2.96 bits per heavy atom. The van der Waals surface area contributed by atoms with Crippen molar-refractivity contribution in [2.24, 2.45) is 0 Å². The molecule has 126 valence electrons. The van der Waals surface area contributed by atoms with Crippen molar-refractivity contribution in [1.29, 1.82) is 0 Å². The minimum absolute atomic E-state index is 0.105. The summed E-state index contributed by atoms with van der Waals surface area (Å²) in [5.41, 5.74) is 2.51. The van der Waals surface area contributed by atoms with Crippen LogP contribution < -0.4 is 15.6 Å². The van der Waals surface area contributed by atoms with E-state index in [-0.39, 0.29) is 11.5 Å². The van der Waals surface area contributed by atoms with Crippen molar-refractivity contribution in [2.75, 3.05) is 13.7 Å². The van der Waals surface area contributed by atoms with E-state index in [1.54, 1.807) is 37.4 Å². The zero-order chi connectivity index (χ0) is 16.9. The second-order valence-corrected chi connectivity index (χ2v) is 5.87. The van der Waals surface area contributed by atoms with Crippen molar-refractivity contribution in [2.45, 2.75) is 32.2 Å². The number of hydrogen-bond donors (Lipinski definition) is 1. The molecule has 0 spiro atoms. The molecular formula is C18H21N3O3. The van der Waals surface area contributed by atoms with Crippen LogP contribution in [0.5, 0.6) is 5.75 Å². The summed E-state index contributed by atoms with van der Waals surface area (Å²) in [5, 5.41) is 7.25. The first-order valence-electron chi connectivity index (χ1n) is 8.19. The number of hydrogen-bond acceptors (Lipinski definition) is 4. The van der Waals surface area contributed by atoms with E-state index >= 15 is 0 Å². The number of nitrogens with one attached hydrogen (secondary N) is 1. The molecule has 1 N–H and O–H groups in total. The lowest BCUT2D eigenvalue weighted by atomic mass is 9.97. The minimum atomic E-state index is -0.195. The molecule has 6 nitrogen and oxygen atoms in total. The van der Waals surface area contributed by atoms with Crippen molar-refractivity contribution in [1.82, 2.24) is 15.1 Å². The highest BCUT2D eigenvalue weighted by atomic mass is 16.5. The summed E-state index contributed by atoms with van der Waals surface area (Å²) in [6.07, 6.45) is 4.09. The average molecular weight is 327 g/mol. The molecule has 6 heteroatoms. The third kappa shape index (κ3) is 3.64. The Hall–Kier alpha value is -2.63. The first-order valence-corrected chi connectivity index (χ1v) is 8.19. The van der Waals surface area contributed by atoms with E-state index in [0.717, 1.165) is 36.9 Å². The smallest absolute Gasteiger partial charge is 0.267 e. The normalized spacial score (nSPS) is 13.2. The zero-order valence-electron chi connectivity index (χ0n) is 13.7. The number of ether oxygens (including phenoxy) is 1. The fraction of sp³-hybridized carbons (Fsp3) is 0.389. The zero-order valence-corrected chi connectivity index (χ0v) is 13.7. The number of fused-ring (bicyclic) bond motifs is 1. The molecule has 1 aromatic carbocycles. The van der Waals surface area contributed by atoms with Crippen LogP contribution in [0.15, 0.2) is 35.1 Å². The summed E-state index contributed by atoms with van der Waals surface area (Å²) in [6.45, 7) is 0.712. The molecule has 0 aliphatic heterocycles. The van der Waals surface area contributed by atoms with Crippen LogP contribution in [0.25, 0.3) is 0 Å². The number of benzene rings is 1. The number of nitrogens with zero attached hydrogens (tertiary/aromatic N) is 2. The first-order chi connectivity index (χ1) is 11.7. The lowest BCUT2D eigenvalue weighted by Gasteiger charge is -2.16. The van der Waals surface area contributed by atoms with E-state index < -0.39 is 0 Å². The van der Waals surface area contributed by atoms with E-state index in [4.69, 9.17) is 4.74 Å². The molecule has 1 aliphatic carbocycles. The van der Waals surface area contributed by atoms with Crippen molar-refractivity contribution in [3.63, 3.8) is 0 Å². The van der Waals surface area contributed by atoms with Crippen LogP contribution in [-0.4, -0.2) is 29.3 Å². The largest absolute Gasteiger partial charge is 0.497 e. The Balaban J connectivity index is 1.62. The van der Waals surface area contributed by atoms with Crippen LogP contribution in [0.3, 0.4) is 0 Å². The monoisotopic (exact) mass is 327 g/mol. The van der Waals surface area contributed by atoms with Gasteiger partial charge in [-0.1, -0.05) is 6.07 Å². The van der Waals surface area contributed by atoms with Crippen molar-refractivity contribution in [3.8, 4) is 5.75 Å². The molecule has 0 unspecified atom stereocenters. The maximum Gasteiger partial charge on any atom is 0.267 e. The topological polar surface area (TPSA) is 73.2 Å². The summed E-state index contributed by atoms with van der Waals surface area (Å²) in [4.78, 5) is 24.2. The second kappa shape index (κ2) is 7.29. The van der Waals surface area contributed by atoms with Gasteiger partial charge in [0, 0.05) is 18.2 Å². The molecule has 0 fully saturated rings. The molecule has 24 heavy (non-hydrogen) atoms. The summed E-state index contributed by atoms with van der Waals surface area (Å²) in [7, 11) is 1.56. The van der Waals surface area contributed by atoms with Gasteiger partial charge in [-0.05, 0) is 49.4 Å². The molecule has 0 atom stereocenters. The highest BCUT2D eigenvalue weighted by molar-refractivity contribution is 5.94. The number of amides is 1. The van der Waals surface area contributed by atoms with Crippen LogP contribution in [0.1, 0.15) is 34.5 Å². The van der Waals surface area contributed by atoms with E-state index in [1.165, 1.54) is 4.68 Å². The number of aromatic nitrogens is 2. The van der Waals surface area contributed by atoms with Crippen LogP contribution in [0, 0.1) is 0 Å². The number of rotatable bonds is 5. The van der Waals surface area contributed by atoms with Gasteiger partial charge in [-0.15, -0.1) is 0 Å². The van der Waals surface area contributed by atoms with Gasteiger partial charge >= 0.3 is 0 Å². The van der Waals surface area contributed by atoms with E-state index in [1.807, 2.05) is 0 Å². The van der Waals surface area contributed by atoms with Gasteiger partial charge in [0.05, 0.1) is 19.3 Å². The Morgan fingerprint density at radius 1 is 1.29 bits per heavy atom. The Morgan fingerprint density at radius 2 is 2.12 bits per heavy atom. The molecule has 0 saturated heterocycles. The third-order valence-electron chi connectivity index (χ3n) is 4.21. The third-order valence-corrected chi connectivity index (χ3v) is 4.21. The molecular weight excluding hydrogens is 306 g/mol. The van der Waals surface area contributed by atoms with Gasteiger partial charge in [-0.2, -0.15) is 5.10 Å². The fourth-order valence-electron chi connectivity index (χ4n) is 2.90. The van der Waals surface area contributed by atoms with E-state index in [9.17, 15) is 9.59 Å². The van der Waals surface area contributed by atoms with Gasteiger partial charge in [0.25, 0.3) is 11.5 Å². The second-order valence-electron chi connectivity index (χ2n) is 5.87. The number of aryl methyl sites for hydroxylation is 2. The molecule has 1 heterocycles. The predicted octanol–water partition coefficient (Wildman–Crippen LogP) is 1.56. The summed E-state index contributed by atoms with van der Waals surface area (Å²) < 4.78 is 6.55. The lowest BCUT2D eigenvalue weighted by Crippen LogP contribution is -2.33. The van der Waals surface area contributed by atoms with Gasteiger partial charge in [0.1, 0.15) is 5.75 Å². The molecule has 0 radical (unpaired) electrons. The van der Waals surface area contributed by atoms with Gasteiger partial charge in [-0.25, -0.2) is 4.68 Å². The van der Waals surface area contributed by atoms with Crippen LogP contribution in [0.2, 0.25) is 0 Å².